The minimum atomic E-state index is -0.109. The van der Waals surface area contributed by atoms with Crippen LogP contribution in [-0.2, 0) is 12.8 Å². The van der Waals surface area contributed by atoms with Crippen LogP contribution in [0.4, 0.5) is 5.82 Å². The molecule has 0 spiro atoms. The van der Waals surface area contributed by atoms with Crippen molar-refractivity contribution in [3.8, 4) is 0 Å². The molecule has 2 N–H and O–H groups in total. The third kappa shape index (κ3) is 2.53. The first kappa shape index (κ1) is 13.5. The van der Waals surface area contributed by atoms with Gasteiger partial charge >= 0.3 is 0 Å². The molecule has 2 aromatic rings. The fourth-order valence-electron chi connectivity index (χ4n) is 3.61. The normalized spacial score (nSPS) is 25.8. The number of aryl methyl sites for hydroxylation is 2. The molecule has 4 nitrogen and oxygen atoms in total. The second-order valence-corrected chi connectivity index (χ2v) is 7.35. The maximum Gasteiger partial charge on any atom is 0.138 e. The molecule has 0 radical (unpaired) electrons. The summed E-state index contributed by atoms with van der Waals surface area (Å²) in [6.45, 7) is 0. The third-order valence-electron chi connectivity index (χ3n) is 4.79. The lowest BCUT2D eigenvalue weighted by Crippen LogP contribution is -2.28. The molecule has 0 amide bonds. The van der Waals surface area contributed by atoms with E-state index < -0.39 is 0 Å². The summed E-state index contributed by atoms with van der Waals surface area (Å²) in [5.74, 6) is 1.01. The Morgan fingerprint density at radius 2 is 1.90 bits per heavy atom. The van der Waals surface area contributed by atoms with Gasteiger partial charge in [-0.05, 0) is 56.9 Å². The van der Waals surface area contributed by atoms with Crippen molar-refractivity contribution in [2.75, 3.05) is 5.32 Å². The van der Waals surface area contributed by atoms with E-state index in [2.05, 4.69) is 15.3 Å². The highest BCUT2D eigenvalue weighted by Gasteiger charge is 2.23. The predicted molar refractivity (Wildman–Crippen MR) is 85.9 cm³/mol. The monoisotopic (exact) mass is 303 g/mol. The van der Waals surface area contributed by atoms with Gasteiger partial charge in [0.15, 0.2) is 0 Å². The molecular formula is C16H21N3OS. The molecule has 4 rings (SSSR count). The zero-order chi connectivity index (χ0) is 14.2. The quantitative estimate of drug-likeness (QED) is 0.894. The van der Waals surface area contributed by atoms with Gasteiger partial charge in [-0.1, -0.05) is 0 Å². The number of thiophene rings is 1. The molecule has 0 unspecified atom stereocenters. The van der Waals surface area contributed by atoms with Gasteiger partial charge < -0.3 is 10.4 Å². The number of hydrogen-bond acceptors (Lipinski definition) is 5. The van der Waals surface area contributed by atoms with Crippen LogP contribution in [0.3, 0.4) is 0 Å². The second-order valence-electron chi connectivity index (χ2n) is 6.26. The van der Waals surface area contributed by atoms with Gasteiger partial charge in [0.1, 0.15) is 17.0 Å². The van der Waals surface area contributed by atoms with E-state index in [0.717, 1.165) is 36.3 Å². The number of nitrogens with one attached hydrogen (secondary N) is 1. The molecule has 112 valence electrons. The average molecular weight is 303 g/mol. The molecule has 2 aliphatic rings. The third-order valence-corrected chi connectivity index (χ3v) is 5.99. The minimum absolute atomic E-state index is 0.109. The SMILES string of the molecule is OC1CCC(Nc2ncnc3sc4c(c23)CCCC4)CC1. The summed E-state index contributed by atoms with van der Waals surface area (Å²) in [6.07, 6.45) is 10.4. The van der Waals surface area contributed by atoms with Crippen molar-refractivity contribution in [1.29, 1.82) is 0 Å². The predicted octanol–water partition coefficient (Wildman–Crippen LogP) is 3.29. The molecule has 0 saturated heterocycles. The van der Waals surface area contributed by atoms with E-state index in [1.54, 1.807) is 6.33 Å². The fourth-order valence-corrected chi connectivity index (χ4v) is 4.84. The Morgan fingerprint density at radius 3 is 2.76 bits per heavy atom. The Bertz CT molecular complexity index is 646. The van der Waals surface area contributed by atoms with Gasteiger partial charge in [-0.2, -0.15) is 0 Å². The van der Waals surface area contributed by atoms with E-state index in [1.165, 1.54) is 41.5 Å². The van der Waals surface area contributed by atoms with Crippen LogP contribution in [0.2, 0.25) is 0 Å². The molecule has 2 aliphatic carbocycles. The zero-order valence-corrected chi connectivity index (χ0v) is 13.0. The van der Waals surface area contributed by atoms with Crippen LogP contribution in [-0.4, -0.2) is 27.2 Å². The number of aliphatic hydroxyl groups excluding tert-OH is 1. The summed E-state index contributed by atoms with van der Waals surface area (Å²) in [7, 11) is 0. The molecule has 2 aromatic heterocycles. The van der Waals surface area contributed by atoms with E-state index in [1.807, 2.05) is 11.3 Å². The summed E-state index contributed by atoms with van der Waals surface area (Å²) >= 11 is 1.85. The average Bonchev–Trinajstić information content (AvgIpc) is 2.89. The van der Waals surface area contributed by atoms with Crippen LogP contribution in [0.1, 0.15) is 49.0 Å². The number of rotatable bonds is 2. The van der Waals surface area contributed by atoms with E-state index >= 15 is 0 Å². The van der Waals surface area contributed by atoms with Gasteiger partial charge in [-0.25, -0.2) is 9.97 Å². The summed E-state index contributed by atoms with van der Waals surface area (Å²) < 4.78 is 0. The van der Waals surface area contributed by atoms with Gasteiger partial charge in [0, 0.05) is 10.9 Å². The van der Waals surface area contributed by atoms with Crippen molar-refractivity contribution in [2.45, 2.75) is 63.5 Å². The summed E-state index contributed by atoms with van der Waals surface area (Å²) in [5.41, 5.74) is 1.49. The summed E-state index contributed by atoms with van der Waals surface area (Å²) in [5, 5.41) is 14.5. The van der Waals surface area contributed by atoms with E-state index in [-0.39, 0.29) is 6.10 Å². The number of aromatic nitrogens is 2. The second kappa shape index (κ2) is 5.54. The van der Waals surface area contributed by atoms with Crippen molar-refractivity contribution >= 4 is 27.4 Å². The molecule has 5 heteroatoms. The number of nitrogens with zero attached hydrogens (tertiary/aromatic N) is 2. The standard InChI is InChI=1S/C16H21N3OS/c20-11-7-5-10(6-8-11)19-15-14-12-3-1-2-4-13(12)21-16(14)18-9-17-15/h9-11,20H,1-8H2,(H,17,18,19). The van der Waals surface area contributed by atoms with Crippen molar-refractivity contribution in [1.82, 2.24) is 9.97 Å². The maximum atomic E-state index is 9.64. The first-order valence-corrected chi connectivity index (χ1v) is 8.83. The Labute approximate surface area is 128 Å². The molecule has 21 heavy (non-hydrogen) atoms. The molecule has 0 aliphatic heterocycles. The molecule has 1 saturated carbocycles. The highest BCUT2D eigenvalue weighted by molar-refractivity contribution is 7.19. The largest absolute Gasteiger partial charge is 0.393 e. The van der Waals surface area contributed by atoms with Crippen LogP contribution in [0, 0.1) is 0 Å². The van der Waals surface area contributed by atoms with Crippen molar-refractivity contribution in [3.63, 3.8) is 0 Å². The molecule has 0 bridgehead atoms. The van der Waals surface area contributed by atoms with Crippen LogP contribution in [0.15, 0.2) is 6.33 Å². The van der Waals surface area contributed by atoms with Crippen LogP contribution >= 0.6 is 11.3 Å². The van der Waals surface area contributed by atoms with Gasteiger partial charge in [0.25, 0.3) is 0 Å². The van der Waals surface area contributed by atoms with Gasteiger partial charge in [0.05, 0.1) is 11.5 Å². The maximum absolute atomic E-state index is 9.64. The Balaban J connectivity index is 1.66. The first-order chi connectivity index (χ1) is 10.3. The summed E-state index contributed by atoms with van der Waals surface area (Å²) in [4.78, 5) is 11.6. The van der Waals surface area contributed by atoms with E-state index in [0.29, 0.717) is 6.04 Å². The van der Waals surface area contributed by atoms with Gasteiger partial charge in [-0.3, -0.25) is 0 Å². The van der Waals surface area contributed by atoms with Crippen LogP contribution in [0.5, 0.6) is 0 Å². The minimum Gasteiger partial charge on any atom is -0.393 e. The van der Waals surface area contributed by atoms with E-state index in [4.69, 9.17) is 0 Å². The van der Waals surface area contributed by atoms with Crippen molar-refractivity contribution < 1.29 is 5.11 Å². The molecule has 2 heterocycles. The fraction of sp³-hybridized carbons (Fsp3) is 0.625. The zero-order valence-electron chi connectivity index (χ0n) is 12.1. The topological polar surface area (TPSA) is 58.0 Å². The molecule has 0 aromatic carbocycles. The van der Waals surface area contributed by atoms with Gasteiger partial charge in [-0.15, -0.1) is 11.3 Å². The lowest BCUT2D eigenvalue weighted by Gasteiger charge is -2.27. The highest BCUT2D eigenvalue weighted by atomic mass is 32.1. The highest BCUT2D eigenvalue weighted by Crippen LogP contribution is 2.38. The molecule has 1 fully saturated rings. The number of aliphatic hydroxyl groups is 1. The lowest BCUT2D eigenvalue weighted by atomic mass is 9.93. The number of hydrogen-bond donors (Lipinski definition) is 2. The molecular weight excluding hydrogens is 282 g/mol. The Kier molecular flexibility index (Phi) is 3.55. The van der Waals surface area contributed by atoms with Crippen molar-refractivity contribution in [3.05, 3.63) is 16.8 Å². The Morgan fingerprint density at radius 1 is 1.10 bits per heavy atom. The number of anilines is 1. The smallest absolute Gasteiger partial charge is 0.138 e. The lowest BCUT2D eigenvalue weighted by molar-refractivity contribution is 0.126. The van der Waals surface area contributed by atoms with Gasteiger partial charge in [0.2, 0.25) is 0 Å². The number of fused-ring (bicyclic) bond motifs is 3. The summed E-state index contributed by atoms with van der Waals surface area (Å²) in [6, 6.07) is 0.436. The van der Waals surface area contributed by atoms with Crippen LogP contribution in [0.25, 0.3) is 10.2 Å². The first-order valence-electron chi connectivity index (χ1n) is 8.01. The van der Waals surface area contributed by atoms with Crippen LogP contribution < -0.4 is 5.32 Å². The molecule has 0 atom stereocenters. The van der Waals surface area contributed by atoms with E-state index in [9.17, 15) is 5.11 Å². The Hall–Kier alpha value is -1.20. The van der Waals surface area contributed by atoms with Crippen molar-refractivity contribution in [2.24, 2.45) is 0 Å².